The van der Waals surface area contributed by atoms with E-state index in [4.69, 9.17) is 9.47 Å². The van der Waals surface area contributed by atoms with Gasteiger partial charge >= 0.3 is 5.69 Å². The van der Waals surface area contributed by atoms with Crippen molar-refractivity contribution in [1.29, 1.82) is 0 Å². The summed E-state index contributed by atoms with van der Waals surface area (Å²) in [7, 11) is 1.54. The molecule has 0 spiro atoms. The molecule has 1 N–H and O–H groups in total. The smallest absolute Gasteiger partial charge is 0.346 e. The zero-order chi connectivity index (χ0) is 24.2. The lowest BCUT2D eigenvalue weighted by molar-refractivity contribution is -0.121. The van der Waals surface area contributed by atoms with E-state index in [0.717, 1.165) is 10.2 Å². The molecule has 182 valence electrons. The van der Waals surface area contributed by atoms with Crippen molar-refractivity contribution in [3.05, 3.63) is 40.1 Å². The molecule has 1 amide bonds. The molecule has 0 radical (unpaired) electrons. The lowest BCUT2D eigenvalue weighted by Gasteiger charge is -2.29. The minimum Gasteiger partial charge on any atom is -0.493 e. The third-order valence-corrected chi connectivity index (χ3v) is 7.14. The van der Waals surface area contributed by atoms with E-state index >= 15 is 0 Å². The van der Waals surface area contributed by atoms with Crippen LogP contribution < -0.4 is 20.5 Å². The second-order valence-electron chi connectivity index (χ2n) is 8.08. The summed E-state index contributed by atoms with van der Waals surface area (Å²) in [5, 5.41) is 7.19. The van der Waals surface area contributed by atoms with Crippen LogP contribution in [0.15, 0.2) is 23.0 Å². The summed E-state index contributed by atoms with van der Waals surface area (Å²) < 4.78 is 38.0. The highest BCUT2D eigenvalue weighted by Gasteiger charge is 2.29. The summed E-state index contributed by atoms with van der Waals surface area (Å²) in [4.78, 5) is 25.0. The van der Waals surface area contributed by atoms with Gasteiger partial charge in [-0.25, -0.2) is 22.2 Å². The van der Waals surface area contributed by atoms with Gasteiger partial charge in [0.2, 0.25) is 15.9 Å². The van der Waals surface area contributed by atoms with E-state index in [1.54, 1.807) is 21.3 Å². The molecule has 3 rings (SSSR count). The number of carbonyl (C=O) groups is 1. The fourth-order valence-electron chi connectivity index (χ4n) is 3.98. The van der Waals surface area contributed by atoms with E-state index in [0.29, 0.717) is 56.2 Å². The maximum absolute atomic E-state index is 12.6. The number of nitrogens with zero attached hydrogens (tertiary/aromatic N) is 4. The van der Waals surface area contributed by atoms with E-state index in [1.165, 1.54) is 15.1 Å². The molecule has 1 aliphatic rings. The third kappa shape index (κ3) is 5.93. The number of rotatable bonds is 9. The number of nitrogens with one attached hydrogen (secondary N) is 1. The van der Waals surface area contributed by atoms with Crippen LogP contribution in [0.5, 0.6) is 11.5 Å². The Hall–Kier alpha value is -2.86. The van der Waals surface area contributed by atoms with Crippen molar-refractivity contribution >= 4 is 15.9 Å². The Morgan fingerprint density at radius 2 is 1.85 bits per heavy atom. The monoisotopic (exact) mass is 481 g/mol. The van der Waals surface area contributed by atoms with Crippen LogP contribution in [-0.4, -0.2) is 73.1 Å². The van der Waals surface area contributed by atoms with E-state index in [2.05, 4.69) is 10.4 Å². The third-order valence-electron chi connectivity index (χ3n) is 5.84. The average Bonchev–Trinajstić information content (AvgIpc) is 3.06. The number of amides is 1. The van der Waals surface area contributed by atoms with Gasteiger partial charge in [0.05, 0.1) is 20.5 Å². The molecular weight excluding hydrogens is 450 g/mol. The molecule has 0 aliphatic carbocycles. The van der Waals surface area contributed by atoms with E-state index < -0.39 is 10.0 Å². The number of benzene rings is 1. The first-order valence-electron chi connectivity index (χ1n) is 10.7. The van der Waals surface area contributed by atoms with Gasteiger partial charge in [0.1, 0.15) is 12.4 Å². The molecule has 1 fully saturated rings. The SMILES string of the molecule is COc1ccc(CCNC(=O)Cn2nc(C3CCN(S(C)(=O)=O)CC3)n(C)c2=O)cc1OC. The van der Waals surface area contributed by atoms with Gasteiger partial charge in [0.15, 0.2) is 11.5 Å². The molecule has 1 aliphatic heterocycles. The van der Waals surface area contributed by atoms with Crippen molar-refractivity contribution in [2.24, 2.45) is 7.05 Å². The summed E-state index contributed by atoms with van der Waals surface area (Å²) in [6.07, 6.45) is 2.94. The lowest BCUT2D eigenvalue weighted by Crippen LogP contribution is -2.37. The van der Waals surface area contributed by atoms with Crippen LogP contribution in [0.4, 0.5) is 0 Å². The van der Waals surface area contributed by atoms with E-state index in [-0.39, 0.29) is 24.1 Å². The molecule has 11 nitrogen and oxygen atoms in total. The van der Waals surface area contributed by atoms with Crippen LogP contribution in [-0.2, 0) is 34.8 Å². The van der Waals surface area contributed by atoms with Crippen LogP contribution in [0.1, 0.15) is 30.1 Å². The summed E-state index contributed by atoms with van der Waals surface area (Å²) >= 11 is 0. The van der Waals surface area contributed by atoms with Crippen molar-refractivity contribution in [1.82, 2.24) is 24.0 Å². The highest BCUT2D eigenvalue weighted by molar-refractivity contribution is 7.88. The van der Waals surface area contributed by atoms with Crippen LogP contribution >= 0.6 is 0 Å². The molecule has 2 aromatic rings. The summed E-state index contributed by atoms with van der Waals surface area (Å²) in [5.74, 6) is 1.49. The van der Waals surface area contributed by atoms with Gasteiger partial charge in [-0.3, -0.25) is 9.36 Å². The number of piperidine rings is 1. The standard InChI is InChI=1S/C21H31N5O6S/c1-24-20(16-8-11-25(12-9-16)33(4,29)30)23-26(21(24)28)14-19(27)22-10-7-15-5-6-17(31-2)18(13-15)32-3/h5-6,13,16H,7-12,14H2,1-4H3,(H,22,27). The number of methoxy groups -OCH3 is 2. The van der Waals surface area contributed by atoms with Gasteiger partial charge in [0, 0.05) is 32.6 Å². The molecule has 1 saturated heterocycles. The van der Waals surface area contributed by atoms with Crippen molar-refractivity contribution < 1.29 is 22.7 Å². The first-order chi connectivity index (χ1) is 15.6. The second-order valence-corrected chi connectivity index (χ2v) is 10.1. The van der Waals surface area contributed by atoms with Crippen LogP contribution in [0.25, 0.3) is 0 Å². The van der Waals surface area contributed by atoms with Crippen molar-refractivity contribution in [2.75, 3.05) is 40.1 Å². The van der Waals surface area contributed by atoms with Gasteiger partial charge in [-0.15, -0.1) is 0 Å². The first kappa shape index (κ1) is 24.8. The molecule has 33 heavy (non-hydrogen) atoms. The Balaban J connectivity index is 1.56. The summed E-state index contributed by atoms with van der Waals surface area (Å²) in [6.45, 7) is 0.996. The Morgan fingerprint density at radius 1 is 1.18 bits per heavy atom. The molecule has 1 aromatic heterocycles. The molecule has 0 saturated carbocycles. The fraction of sp³-hybridized carbons (Fsp3) is 0.571. The van der Waals surface area contributed by atoms with Crippen molar-refractivity contribution in [3.8, 4) is 11.5 Å². The maximum Gasteiger partial charge on any atom is 0.346 e. The molecule has 0 bridgehead atoms. The van der Waals surface area contributed by atoms with Crippen molar-refractivity contribution in [3.63, 3.8) is 0 Å². The molecule has 12 heteroatoms. The molecule has 1 aromatic carbocycles. The lowest BCUT2D eigenvalue weighted by atomic mass is 9.97. The first-order valence-corrected chi connectivity index (χ1v) is 12.5. The fourth-order valence-corrected chi connectivity index (χ4v) is 4.86. The zero-order valence-corrected chi connectivity index (χ0v) is 20.2. The predicted octanol–water partition coefficient (Wildman–Crippen LogP) is 0.0969. The Labute approximate surface area is 193 Å². The predicted molar refractivity (Wildman–Crippen MR) is 122 cm³/mol. The number of carbonyl (C=O) groups excluding carboxylic acids is 1. The molecule has 0 atom stereocenters. The highest BCUT2D eigenvalue weighted by atomic mass is 32.2. The molecular formula is C21H31N5O6S. The highest BCUT2D eigenvalue weighted by Crippen LogP contribution is 2.28. The number of sulfonamides is 1. The van der Waals surface area contributed by atoms with Crippen LogP contribution in [0.2, 0.25) is 0 Å². The molecule has 0 unspecified atom stereocenters. The largest absolute Gasteiger partial charge is 0.493 e. The topological polar surface area (TPSA) is 125 Å². The maximum atomic E-state index is 12.6. The quantitative estimate of drug-likeness (QED) is 0.538. The van der Waals surface area contributed by atoms with Crippen molar-refractivity contribution in [2.45, 2.75) is 31.7 Å². The van der Waals surface area contributed by atoms with Gasteiger partial charge in [0.25, 0.3) is 0 Å². The number of hydrogen-bond donors (Lipinski definition) is 1. The minimum atomic E-state index is -3.22. The van der Waals surface area contributed by atoms with Gasteiger partial charge in [-0.2, -0.15) is 5.10 Å². The summed E-state index contributed by atoms with van der Waals surface area (Å²) in [5.41, 5.74) is 0.608. The molecule has 2 heterocycles. The van der Waals surface area contributed by atoms with Crippen LogP contribution in [0.3, 0.4) is 0 Å². The normalized spacial score (nSPS) is 15.4. The Bertz CT molecular complexity index is 1150. The van der Waals surface area contributed by atoms with Gasteiger partial charge in [-0.05, 0) is 37.0 Å². The zero-order valence-electron chi connectivity index (χ0n) is 19.4. The minimum absolute atomic E-state index is 0.0323. The number of aromatic nitrogens is 3. The number of hydrogen-bond acceptors (Lipinski definition) is 7. The van der Waals surface area contributed by atoms with E-state index in [1.807, 2.05) is 18.2 Å². The Morgan fingerprint density at radius 3 is 2.45 bits per heavy atom. The second kappa shape index (κ2) is 10.4. The average molecular weight is 482 g/mol. The number of ether oxygens (including phenoxy) is 2. The van der Waals surface area contributed by atoms with E-state index in [9.17, 15) is 18.0 Å². The van der Waals surface area contributed by atoms with Gasteiger partial charge < -0.3 is 14.8 Å². The summed E-state index contributed by atoms with van der Waals surface area (Å²) in [6, 6.07) is 5.57. The Kier molecular flexibility index (Phi) is 7.80. The van der Waals surface area contributed by atoms with Crippen LogP contribution in [0, 0.1) is 0 Å². The van der Waals surface area contributed by atoms with Gasteiger partial charge in [-0.1, -0.05) is 6.07 Å².